The van der Waals surface area contributed by atoms with Crippen molar-refractivity contribution in [3.05, 3.63) is 27.4 Å². The summed E-state index contributed by atoms with van der Waals surface area (Å²) in [4.78, 5) is 27.8. The van der Waals surface area contributed by atoms with Gasteiger partial charge in [0.05, 0.1) is 5.69 Å². The van der Waals surface area contributed by atoms with Gasteiger partial charge >= 0.3 is 5.97 Å². The topological polar surface area (TPSA) is 72.2 Å². The highest BCUT2D eigenvalue weighted by atomic mass is 16.4. The summed E-state index contributed by atoms with van der Waals surface area (Å²) < 4.78 is 1.38. The summed E-state index contributed by atoms with van der Waals surface area (Å²) in [5.74, 6) is 0.0175. The van der Waals surface area contributed by atoms with Gasteiger partial charge < -0.3 is 5.11 Å². The van der Waals surface area contributed by atoms with E-state index in [2.05, 4.69) is 4.98 Å². The molecule has 0 radical (unpaired) electrons. The van der Waals surface area contributed by atoms with Crippen LogP contribution in [-0.4, -0.2) is 20.6 Å². The maximum Gasteiger partial charge on any atom is 0.323 e. The molecule has 5 nitrogen and oxygen atoms in total. The number of carboxylic acids is 1. The van der Waals surface area contributed by atoms with E-state index in [4.69, 9.17) is 5.11 Å². The van der Waals surface area contributed by atoms with Crippen molar-refractivity contribution < 1.29 is 9.90 Å². The Labute approximate surface area is 104 Å². The molecule has 2 aliphatic rings. The molecule has 1 aromatic rings. The van der Waals surface area contributed by atoms with Crippen molar-refractivity contribution in [1.82, 2.24) is 9.55 Å². The molecule has 18 heavy (non-hydrogen) atoms. The van der Waals surface area contributed by atoms with Crippen molar-refractivity contribution >= 4 is 5.97 Å². The molecule has 5 heteroatoms. The predicted molar refractivity (Wildman–Crippen MR) is 64.7 cm³/mol. The third kappa shape index (κ3) is 1.94. The van der Waals surface area contributed by atoms with Crippen molar-refractivity contribution in [2.24, 2.45) is 0 Å². The Kier molecular flexibility index (Phi) is 2.69. The highest BCUT2D eigenvalue weighted by molar-refractivity contribution is 5.66. The van der Waals surface area contributed by atoms with Crippen molar-refractivity contribution in [2.45, 2.75) is 51.0 Å². The number of aromatic nitrogens is 2. The maximum atomic E-state index is 12.4. The van der Waals surface area contributed by atoms with E-state index in [1.54, 1.807) is 0 Å². The second kappa shape index (κ2) is 4.23. The smallest absolute Gasteiger partial charge is 0.323 e. The summed E-state index contributed by atoms with van der Waals surface area (Å²) in [6, 6.07) is 0. The molecule has 2 aliphatic carbocycles. The van der Waals surface area contributed by atoms with Crippen molar-refractivity contribution in [1.29, 1.82) is 0 Å². The summed E-state index contributed by atoms with van der Waals surface area (Å²) in [7, 11) is 0. The first-order valence-electron chi connectivity index (χ1n) is 6.51. The average Bonchev–Trinajstić information content (AvgIpc) is 3.16. The Bertz CT molecular complexity index is 558. The summed E-state index contributed by atoms with van der Waals surface area (Å²) in [6.07, 6.45) is 5.71. The molecule has 0 saturated heterocycles. The van der Waals surface area contributed by atoms with E-state index in [0.717, 1.165) is 49.8 Å². The molecule has 0 atom stereocenters. The molecule has 0 amide bonds. The van der Waals surface area contributed by atoms with Crippen LogP contribution in [0.25, 0.3) is 0 Å². The molecule has 1 saturated carbocycles. The van der Waals surface area contributed by atoms with Crippen LogP contribution in [0.4, 0.5) is 0 Å². The van der Waals surface area contributed by atoms with Crippen LogP contribution in [0.5, 0.6) is 0 Å². The lowest BCUT2D eigenvalue weighted by Gasteiger charge is -2.18. The molecule has 0 aliphatic heterocycles. The standard InChI is InChI=1S/C13H16N2O3/c16-11(17)7-15-12(8-5-6-8)14-10-4-2-1-3-9(10)13(15)18/h8H,1-7H2,(H,16,17). The van der Waals surface area contributed by atoms with Crippen LogP contribution in [0, 0.1) is 0 Å². The number of rotatable bonds is 3. The van der Waals surface area contributed by atoms with Gasteiger partial charge in [0.15, 0.2) is 0 Å². The van der Waals surface area contributed by atoms with Gasteiger partial charge in [-0.25, -0.2) is 4.98 Å². The first-order chi connectivity index (χ1) is 8.66. The zero-order valence-electron chi connectivity index (χ0n) is 10.2. The molecular formula is C13H16N2O3. The number of aryl methyl sites for hydroxylation is 1. The molecule has 0 bridgehead atoms. The molecule has 0 spiro atoms. The fourth-order valence-electron chi connectivity index (χ4n) is 2.65. The van der Waals surface area contributed by atoms with Crippen molar-refractivity contribution in [2.75, 3.05) is 0 Å². The zero-order chi connectivity index (χ0) is 12.7. The fraction of sp³-hybridized carbons (Fsp3) is 0.615. The molecular weight excluding hydrogens is 232 g/mol. The SMILES string of the molecule is O=C(O)Cn1c(C2CC2)nc2c(c1=O)CCCC2. The van der Waals surface area contributed by atoms with Crippen molar-refractivity contribution in [3.63, 3.8) is 0 Å². The van der Waals surface area contributed by atoms with Crippen LogP contribution >= 0.6 is 0 Å². The number of fused-ring (bicyclic) bond motifs is 1. The largest absolute Gasteiger partial charge is 0.480 e. The normalized spacial score (nSPS) is 18.4. The van der Waals surface area contributed by atoms with Gasteiger partial charge in [-0.1, -0.05) is 0 Å². The Morgan fingerprint density at radius 3 is 2.72 bits per heavy atom. The average molecular weight is 248 g/mol. The number of nitrogens with zero attached hydrogens (tertiary/aromatic N) is 2. The second-order valence-corrected chi connectivity index (χ2v) is 5.16. The first-order valence-corrected chi connectivity index (χ1v) is 6.51. The van der Waals surface area contributed by atoms with Crippen LogP contribution in [-0.2, 0) is 24.2 Å². The lowest BCUT2D eigenvalue weighted by molar-refractivity contribution is -0.137. The zero-order valence-corrected chi connectivity index (χ0v) is 10.2. The van der Waals surface area contributed by atoms with E-state index in [9.17, 15) is 9.59 Å². The number of aliphatic carboxylic acids is 1. The number of hydrogen-bond acceptors (Lipinski definition) is 3. The van der Waals surface area contributed by atoms with Crippen LogP contribution in [0.2, 0.25) is 0 Å². The van der Waals surface area contributed by atoms with Gasteiger partial charge in [0.1, 0.15) is 12.4 Å². The van der Waals surface area contributed by atoms with E-state index >= 15 is 0 Å². The fourth-order valence-corrected chi connectivity index (χ4v) is 2.65. The van der Waals surface area contributed by atoms with Gasteiger partial charge in [0.25, 0.3) is 5.56 Å². The van der Waals surface area contributed by atoms with Crippen LogP contribution < -0.4 is 5.56 Å². The van der Waals surface area contributed by atoms with Crippen molar-refractivity contribution in [3.8, 4) is 0 Å². The lowest BCUT2D eigenvalue weighted by atomic mass is 9.97. The molecule has 1 aromatic heterocycles. The minimum atomic E-state index is -0.975. The Morgan fingerprint density at radius 2 is 2.06 bits per heavy atom. The summed E-state index contributed by atoms with van der Waals surface area (Å²) in [5, 5.41) is 8.93. The quantitative estimate of drug-likeness (QED) is 0.869. The maximum absolute atomic E-state index is 12.4. The van der Waals surface area contributed by atoms with E-state index in [1.807, 2.05) is 0 Å². The van der Waals surface area contributed by atoms with Gasteiger partial charge in [-0.3, -0.25) is 14.2 Å². The van der Waals surface area contributed by atoms with E-state index in [-0.39, 0.29) is 12.1 Å². The number of carbonyl (C=O) groups is 1. The third-order valence-electron chi connectivity index (χ3n) is 3.70. The molecule has 96 valence electrons. The van der Waals surface area contributed by atoms with Crippen LogP contribution in [0.1, 0.15) is 48.7 Å². The van der Waals surface area contributed by atoms with E-state index in [1.165, 1.54) is 4.57 Å². The van der Waals surface area contributed by atoms with E-state index < -0.39 is 5.97 Å². The van der Waals surface area contributed by atoms with Crippen LogP contribution in [0.15, 0.2) is 4.79 Å². The lowest BCUT2D eigenvalue weighted by Crippen LogP contribution is -2.33. The third-order valence-corrected chi connectivity index (χ3v) is 3.70. The summed E-state index contributed by atoms with van der Waals surface area (Å²) in [5.41, 5.74) is 1.53. The molecule has 1 N–H and O–H groups in total. The monoisotopic (exact) mass is 248 g/mol. The molecule has 3 rings (SSSR count). The number of carboxylic acid groups (broad SMARTS) is 1. The van der Waals surface area contributed by atoms with Gasteiger partial charge in [0, 0.05) is 11.5 Å². The van der Waals surface area contributed by atoms with E-state index in [0.29, 0.717) is 11.7 Å². The summed E-state index contributed by atoms with van der Waals surface area (Å²) in [6.45, 7) is -0.259. The molecule has 0 aromatic carbocycles. The minimum absolute atomic E-state index is 0.121. The highest BCUT2D eigenvalue weighted by Crippen LogP contribution is 2.39. The first kappa shape index (κ1) is 11.4. The number of hydrogen-bond donors (Lipinski definition) is 1. The highest BCUT2D eigenvalue weighted by Gasteiger charge is 2.31. The van der Waals surface area contributed by atoms with Gasteiger partial charge in [0.2, 0.25) is 0 Å². The molecule has 0 unspecified atom stereocenters. The second-order valence-electron chi connectivity index (χ2n) is 5.16. The minimum Gasteiger partial charge on any atom is -0.480 e. The Balaban J connectivity index is 2.14. The van der Waals surface area contributed by atoms with Gasteiger partial charge in [-0.2, -0.15) is 0 Å². The predicted octanol–water partition coefficient (Wildman–Crippen LogP) is 1.08. The summed E-state index contributed by atoms with van der Waals surface area (Å²) >= 11 is 0. The molecule has 1 fully saturated rings. The van der Waals surface area contributed by atoms with Crippen LogP contribution in [0.3, 0.4) is 0 Å². The Hall–Kier alpha value is -1.65. The molecule has 1 heterocycles. The van der Waals surface area contributed by atoms with Gasteiger partial charge in [-0.05, 0) is 38.5 Å². The Morgan fingerprint density at radius 1 is 1.33 bits per heavy atom. The van der Waals surface area contributed by atoms with Gasteiger partial charge in [-0.15, -0.1) is 0 Å².